The second kappa shape index (κ2) is 9.15. The fourth-order valence-corrected chi connectivity index (χ4v) is 3.86. The first kappa shape index (κ1) is 22.9. The van der Waals surface area contributed by atoms with E-state index in [2.05, 4.69) is 15.6 Å². The molecule has 1 aliphatic heterocycles. The van der Waals surface area contributed by atoms with Crippen LogP contribution in [0, 0.1) is 5.92 Å². The summed E-state index contributed by atoms with van der Waals surface area (Å²) in [6, 6.07) is -0.277. The van der Waals surface area contributed by atoms with Crippen LogP contribution in [0.25, 0.3) is 0 Å². The minimum Gasteiger partial charge on any atom is -0.501 e. The largest absolute Gasteiger partial charge is 0.501 e. The van der Waals surface area contributed by atoms with Crippen LogP contribution in [0.3, 0.4) is 0 Å². The number of hydrogen-bond donors (Lipinski definition) is 3. The molecule has 3 atom stereocenters. The summed E-state index contributed by atoms with van der Waals surface area (Å²) in [7, 11) is 3.34. The van der Waals surface area contributed by atoms with E-state index in [1.807, 2.05) is 6.92 Å². The van der Waals surface area contributed by atoms with E-state index in [4.69, 9.17) is 4.74 Å². The van der Waals surface area contributed by atoms with Gasteiger partial charge in [0.15, 0.2) is 5.69 Å². The van der Waals surface area contributed by atoms with E-state index < -0.39 is 22.8 Å². The lowest BCUT2D eigenvalue weighted by Crippen LogP contribution is -2.39. The van der Waals surface area contributed by atoms with Gasteiger partial charge < -0.3 is 20.5 Å². The fourth-order valence-electron chi connectivity index (χ4n) is 3.86. The number of ether oxygens (including phenoxy) is 1. The van der Waals surface area contributed by atoms with E-state index in [9.17, 15) is 19.1 Å². The zero-order valence-corrected chi connectivity index (χ0v) is 18.2. The SMILES string of the molecule is CNC1CCC(C)(OC)Cn2c1nc(C(=O)NCC1C=CC=C(F)C(C)=C1)c(O)c2=O. The molecule has 1 aromatic rings. The van der Waals surface area contributed by atoms with Gasteiger partial charge in [-0.2, -0.15) is 0 Å². The van der Waals surface area contributed by atoms with E-state index in [0.717, 1.165) is 0 Å². The van der Waals surface area contributed by atoms with Crippen molar-refractivity contribution >= 4 is 5.91 Å². The molecule has 0 bridgehead atoms. The fraction of sp³-hybridized carbons (Fsp3) is 0.500. The van der Waals surface area contributed by atoms with Crippen molar-refractivity contribution in [1.82, 2.24) is 20.2 Å². The molecule has 0 radical (unpaired) electrons. The van der Waals surface area contributed by atoms with Crippen LogP contribution in [0.2, 0.25) is 0 Å². The van der Waals surface area contributed by atoms with Crippen LogP contribution in [-0.2, 0) is 11.3 Å². The Hall–Kier alpha value is -2.78. The van der Waals surface area contributed by atoms with Crippen molar-refractivity contribution in [2.24, 2.45) is 5.92 Å². The number of carbonyl (C=O) groups excluding carboxylic acids is 1. The van der Waals surface area contributed by atoms with Crippen LogP contribution >= 0.6 is 0 Å². The van der Waals surface area contributed by atoms with Crippen molar-refractivity contribution in [2.45, 2.75) is 44.9 Å². The molecule has 0 fully saturated rings. The number of methoxy groups -OCH3 is 1. The van der Waals surface area contributed by atoms with Crippen molar-refractivity contribution in [1.29, 1.82) is 0 Å². The molecule has 2 aliphatic rings. The van der Waals surface area contributed by atoms with Crippen LogP contribution in [-0.4, -0.2) is 46.9 Å². The highest BCUT2D eigenvalue weighted by atomic mass is 19.1. The van der Waals surface area contributed by atoms with Gasteiger partial charge in [-0.25, -0.2) is 9.37 Å². The van der Waals surface area contributed by atoms with Crippen LogP contribution in [0.15, 0.2) is 40.5 Å². The van der Waals surface area contributed by atoms with Gasteiger partial charge in [0.1, 0.15) is 11.7 Å². The van der Waals surface area contributed by atoms with Crippen LogP contribution in [0.5, 0.6) is 5.75 Å². The molecule has 3 unspecified atom stereocenters. The Morgan fingerprint density at radius 3 is 2.90 bits per heavy atom. The smallest absolute Gasteiger partial charge is 0.296 e. The van der Waals surface area contributed by atoms with E-state index in [1.54, 1.807) is 39.3 Å². The first-order valence-corrected chi connectivity index (χ1v) is 10.3. The highest BCUT2D eigenvalue weighted by Gasteiger charge is 2.35. The highest BCUT2D eigenvalue weighted by Crippen LogP contribution is 2.30. The summed E-state index contributed by atoms with van der Waals surface area (Å²) >= 11 is 0. The third-order valence-electron chi connectivity index (χ3n) is 5.94. The molecule has 1 aromatic heterocycles. The number of fused-ring (bicyclic) bond motifs is 1. The maximum atomic E-state index is 13.7. The summed E-state index contributed by atoms with van der Waals surface area (Å²) in [6.45, 7) is 3.94. The normalized spacial score (nSPS) is 25.7. The predicted molar refractivity (Wildman–Crippen MR) is 115 cm³/mol. The van der Waals surface area contributed by atoms with Crippen molar-refractivity contribution in [3.63, 3.8) is 0 Å². The van der Waals surface area contributed by atoms with Crippen molar-refractivity contribution in [3.8, 4) is 5.75 Å². The molecule has 0 saturated heterocycles. The molecule has 3 N–H and O–H groups in total. The molecule has 0 aromatic carbocycles. The average Bonchev–Trinajstić information content (AvgIpc) is 3.00. The second-order valence-corrected chi connectivity index (χ2v) is 8.22. The number of hydrogen-bond acceptors (Lipinski definition) is 6. The van der Waals surface area contributed by atoms with E-state index >= 15 is 0 Å². The quantitative estimate of drug-likeness (QED) is 0.658. The molecule has 1 aliphatic carbocycles. The summed E-state index contributed by atoms with van der Waals surface area (Å²) in [4.78, 5) is 30.1. The second-order valence-electron chi connectivity index (χ2n) is 8.22. The van der Waals surface area contributed by atoms with Gasteiger partial charge in [-0.05, 0) is 45.4 Å². The highest BCUT2D eigenvalue weighted by molar-refractivity contribution is 5.94. The molecular weight excluding hydrogens is 403 g/mol. The Morgan fingerprint density at radius 1 is 1.48 bits per heavy atom. The summed E-state index contributed by atoms with van der Waals surface area (Å²) < 4.78 is 20.6. The molecule has 2 heterocycles. The summed E-state index contributed by atoms with van der Waals surface area (Å²) in [5.74, 6) is -1.54. The van der Waals surface area contributed by atoms with Gasteiger partial charge in [0.05, 0.1) is 18.2 Å². The molecule has 9 heteroatoms. The topological polar surface area (TPSA) is 105 Å². The molecule has 1 amide bonds. The maximum Gasteiger partial charge on any atom is 0.296 e. The number of amides is 1. The van der Waals surface area contributed by atoms with Crippen LogP contribution in [0.1, 0.15) is 49.0 Å². The number of halogens is 1. The molecular formula is C22H29FN4O4. The van der Waals surface area contributed by atoms with Gasteiger partial charge in [-0.1, -0.05) is 18.2 Å². The molecule has 0 saturated carbocycles. The van der Waals surface area contributed by atoms with E-state index in [1.165, 1.54) is 10.6 Å². The van der Waals surface area contributed by atoms with E-state index in [0.29, 0.717) is 24.2 Å². The number of rotatable bonds is 5. The van der Waals surface area contributed by atoms with Gasteiger partial charge in [0.25, 0.3) is 11.5 Å². The van der Waals surface area contributed by atoms with Crippen LogP contribution in [0.4, 0.5) is 4.39 Å². The lowest BCUT2D eigenvalue weighted by Gasteiger charge is -2.27. The summed E-state index contributed by atoms with van der Waals surface area (Å²) in [6.07, 6.45) is 7.74. The van der Waals surface area contributed by atoms with E-state index in [-0.39, 0.29) is 36.6 Å². The Kier molecular flexibility index (Phi) is 6.76. The Balaban J connectivity index is 1.89. The zero-order valence-electron chi connectivity index (χ0n) is 18.2. The minimum atomic E-state index is -0.702. The molecule has 3 rings (SSSR count). The van der Waals surface area contributed by atoms with Crippen LogP contribution < -0.4 is 16.2 Å². The third kappa shape index (κ3) is 4.77. The molecule has 31 heavy (non-hydrogen) atoms. The summed E-state index contributed by atoms with van der Waals surface area (Å²) in [5.41, 5.74) is -1.12. The number of aromatic nitrogens is 2. The lowest BCUT2D eigenvalue weighted by molar-refractivity contribution is -0.0148. The number of carbonyl (C=O) groups is 1. The van der Waals surface area contributed by atoms with Gasteiger partial charge in [0, 0.05) is 19.6 Å². The number of nitrogens with zero attached hydrogens (tertiary/aromatic N) is 2. The monoisotopic (exact) mass is 432 g/mol. The standard InChI is InChI=1S/C22H29FN4O4/c1-13-10-14(6-5-7-15(13)23)11-25-20(29)17-18(28)21(30)27-12-22(2,31-4)9-8-16(24-3)19(27)26-17/h5-7,10,14,16,24,28H,8-9,11-12H2,1-4H3,(H,25,29). The number of allylic oxidation sites excluding steroid dienone is 4. The van der Waals surface area contributed by atoms with Gasteiger partial charge >= 0.3 is 0 Å². The van der Waals surface area contributed by atoms with Crippen molar-refractivity contribution in [3.05, 3.63) is 57.6 Å². The molecule has 8 nitrogen and oxygen atoms in total. The zero-order chi connectivity index (χ0) is 22.8. The maximum absolute atomic E-state index is 13.7. The van der Waals surface area contributed by atoms with Gasteiger partial charge in [-0.15, -0.1) is 0 Å². The Bertz CT molecular complexity index is 1010. The average molecular weight is 432 g/mol. The Morgan fingerprint density at radius 2 is 2.23 bits per heavy atom. The molecule has 168 valence electrons. The number of aromatic hydroxyl groups is 1. The van der Waals surface area contributed by atoms with Crippen molar-refractivity contribution in [2.75, 3.05) is 20.7 Å². The minimum absolute atomic E-state index is 0.171. The first-order valence-electron chi connectivity index (χ1n) is 10.3. The number of nitrogens with one attached hydrogen (secondary N) is 2. The third-order valence-corrected chi connectivity index (χ3v) is 5.94. The summed E-state index contributed by atoms with van der Waals surface area (Å²) in [5, 5.41) is 16.3. The lowest BCUT2D eigenvalue weighted by atomic mass is 9.98. The molecule has 0 spiro atoms. The van der Waals surface area contributed by atoms with Crippen molar-refractivity contribution < 1.29 is 19.0 Å². The Labute approximate surface area is 180 Å². The first-order chi connectivity index (χ1) is 14.7. The predicted octanol–water partition coefficient (Wildman–Crippen LogP) is 2.12. The van der Waals surface area contributed by atoms with Gasteiger partial charge in [-0.3, -0.25) is 14.2 Å². The van der Waals surface area contributed by atoms with Gasteiger partial charge in [0.2, 0.25) is 5.75 Å².